The van der Waals surface area contributed by atoms with Crippen LogP contribution in [0.3, 0.4) is 0 Å². The lowest BCUT2D eigenvalue weighted by molar-refractivity contribution is -0.384. The molecule has 2 aromatic carbocycles. The highest BCUT2D eigenvalue weighted by atomic mass is 16.6. The molecule has 3 heterocycles. The van der Waals surface area contributed by atoms with Crippen molar-refractivity contribution in [2.24, 2.45) is 0 Å². The van der Waals surface area contributed by atoms with Gasteiger partial charge in [-0.05, 0) is 42.5 Å². The molecule has 0 radical (unpaired) electrons. The molecule has 176 valence electrons. The molecule has 0 unspecified atom stereocenters. The number of carboxylic acids is 1. The van der Waals surface area contributed by atoms with Crippen molar-refractivity contribution < 1.29 is 24.0 Å². The monoisotopic (exact) mass is 473 g/mol. The second kappa shape index (κ2) is 8.86. The van der Waals surface area contributed by atoms with Crippen molar-refractivity contribution in [2.75, 3.05) is 31.1 Å². The Morgan fingerprint density at radius 1 is 1.03 bits per heavy atom. The SMILES string of the molecule is O=C(O)c1ccc(N2CCN(C(=O)c3ccc4oc(-c5cccnc5)nc4c3)CC2)c([N+](=O)[O-])c1. The summed E-state index contributed by atoms with van der Waals surface area (Å²) in [5, 5.41) is 20.6. The number of nitro benzene ring substituents is 1. The number of nitro groups is 1. The van der Waals surface area contributed by atoms with Gasteiger partial charge in [-0.2, -0.15) is 0 Å². The summed E-state index contributed by atoms with van der Waals surface area (Å²) < 4.78 is 5.78. The predicted molar refractivity (Wildman–Crippen MR) is 125 cm³/mol. The van der Waals surface area contributed by atoms with E-state index in [0.29, 0.717) is 54.4 Å². The van der Waals surface area contributed by atoms with Gasteiger partial charge >= 0.3 is 5.97 Å². The number of carbonyl (C=O) groups excluding carboxylic acids is 1. The summed E-state index contributed by atoms with van der Waals surface area (Å²) in [5.74, 6) is -0.985. The van der Waals surface area contributed by atoms with Gasteiger partial charge in [-0.15, -0.1) is 0 Å². The van der Waals surface area contributed by atoms with E-state index in [-0.39, 0.29) is 17.2 Å². The summed E-state index contributed by atoms with van der Waals surface area (Å²) in [6.07, 6.45) is 3.31. The van der Waals surface area contributed by atoms with Crippen molar-refractivity contribution in [3.8, 4) is 11.5 Å². The molecule has 5 rings (SSSR count). The fourth-order valence-electron chi connectivity index (χ4n) is 4.08. The molecule has 1 N–H and O–H groups in total. The number of nitrogens with zero attached hydrogens (tertiary/aromatic N) is 5. The van der Waals surface area contributed by atoms with E-state index in [4.69, 9.17) is 9.52 Å². The van der Waals surface area contributed by atoms with Crippen LogP contribution in [0.5, 0.6) is 0 Å². The number of hydrogen-bond acceptors (Lipinski definition) is 8. The number of pyridine rings is 1. The fourth-order valence-corrected chi connectivity index (χ4v) is 4.08. The van der Waals surface area contributed by atoms with Gasteiger partial charge in [0.05, 0.1) is 16.1 Å². The Balaban J connectivity index is 1.31. The number of rotatable bonds is 5. The largest absolute Gasteiger partial charge is 0.478 e. The molecular weight excluding hydrogens is 454 g/mol. The second-order valence-electron chi connectivity index (χ2n) is 7.99. The van der Waals surface area contributed by atoms with Gasteiger partial charge in [0.25, 0.3) is 11.6 Å². The van der Waals surface area contributed by atoms with E-state index >= 15 is 0 Å². The van der Waals surface area contributed by atoms with Crippen molar-refractivity contribution in [3.63, 3.8) is 0 Å². The molecule has 11 nitrogen and oxygen atoms in total. The van der Waals surface area contributed by atoms with E-state index in [9.17, 15) is 19.7 Å². The van der Waals surface area contributed by atoms with Crippen LogP contribution in [0.25, 0.3) is 22.6 Å². The minimum atomic E-state index is -1.23. The van der Waals surface area contributed by atoms with Crippen LogP contribution in [-0.2, 0) is 0 Å². The van der Waals surface area contributed by atoms with E-state index in [1.54, 1.807) is 46.5 Å². The highest BCUT2D eigenvalue weighted by molar-refractivity contribution is 5.97. The first kappa shape index (κ1) is 22.0. The molecule has 0 saturated carbocycles. The first-order valence-corrected chi connectivity index (χ1v) is 10.8. The molecule has 2 aromatic heterocycles. The Morgan fingerprint density at radius 3 is 2.49 bits per heavy atom. The van der Waals surface area contributed by atoms with Crippen molar-refractivity contribution in [1.29, 1.82) is 0 Å². The summed E-state index contributed by atoms with van der Waals surface area (Å²) in [4.78, 5) is 47.2. The van der Waals surface area contributed by atoms with Crippen LogP contribution in [0.2, 0.25) is 0 Å². The van der Waals surface area contributed by atoms with E-state index < -0.39 is 10.9 Å². The Morgan fingerprint density at radius 2 is 1.80 bits per heavy atom. The molecule has 0 atom stereocenters. The summed E-state index contributed by atoms with van der Waals surface area (Å²) in [6.45, 7) is 1.45. The number of carboxylic acid groups (broad SMARTS) is 1. The van der Waals surface area contributed by atoms with Crippen LogP contribution in [-0.4, -0.2) is 63.0 Å². The van der Waals surface area contributed by atoms with Crippen LogP contribution in [0.15, 0.2) is 65.3 Å². The van der Waals surface area contributed by atoms with Crippen molar-refractivity contribution in [1.82, 2.24) is 14.9 Å². The molecule has 1 amide bonds. The van der Waals surface area contributed by atoms with Crippen LogP contribution in [0, 0.1) is 10.1 Å². The molecule has 1 aliphatic heterocycles. The second-order valence-corrected chi connectivity index (χ2v) is 7.99. The van der Waals surface area contributed by atoms with Gasteiger partial charge in [-0.3, -0.25) is 19.9 Å². The van der Waals surface area contributed by atoms with E-state index in [1.807, 2.05) is 6.07 Å². The van der Waals surface area contributed by atoms with Gasteiger partial charge in [-0.1, -0.05) is 0 Å². The Labute approximate surface area is 198 Å². The zero-order chi connectivity index (χ0) is 24.5. The number of benzene rings is 2. The topological polar surface area (TPSA) is 143 Å². The average molecular weight is 473 g/mol. The number of hydrogen-bond donors (Lipinski definition) is 1. The molecule has 35 heavy (non-hydrogen) atoms. The van der Waals surface area contributed by atoms with Gasteiger partial charge in [0.15, 0.2) is 5.58 Å². The molecule has 0 bridgehead atoms. The number of fused-ring (bicyclic) bond motifs is 1. The molecule has 1 fully saturated rings. The molecule has 4 aromatic rings. The highest BCUT2D eigenvalue weighted by Crippen LogP contribution is 2.31. The van der Waals surface area contributed by atoms with Gasteiger partial charge in [-0.25, -0.2) is 9.78 Å². The minimum Gasteiger partial charge on any atom is -0.478 e. The van der Waals surface area contributed by atoms with Crippen molar-refractivity contribution in [2.45, 2.75) is 0 Å². The quantitative estimate of drug-likeness (QED) is 0.340. The molecule has 11 heteroatoms. The molecular formula is C24H19N5O6. The number of piperazine rings is 1. The van der Waals surface area contributed by atoms with Gasteiger partial charge in [0, 0.05) is 50.2 Å². The third-order valence-electron chi connectivity index (χ3n) is 5.87. The molecule has 0 aliphatic carbocycles. The summed E-state index contributed by atoms with van der Waals surface area (Å²) in [7, 11) is 0. The first-order valence-electron chi connectivity index (χ1n) is 10.8. The van der Waals surface area contributed by atoms with E-state index in [0.717, 1.165) is 11.6 Å². The van der Waals surface area contributed by atoms with Gasteiger partial charge in [0.1, 0.15) is 11.2 Å². The number of carbonyl (C=O) groups is 2. The summed E-state index contributed by atoms with van der Waals surface area (Å²) in [6, 6.07) is 12.5. The third kappa shape index (κ3) is 4.26. The van der Waals surface area contributed by atoms with Crippen LogP contribution in [0.1, 0.15) is 20.7 Å². The summed E-state index contributed by atoms with van der Waals surface area (Å²) >= 11 is 0. The Hall–Kier alpha value is -4.80. The normalized spacial score (nSPS) is 13.7. The summed E-state index contributed by atoms with van der Waals surface area (Å²) in [5.41, 5.74) is 2.23. The number of aromatic carboxylic acids is 1. The Kier molecular flexibility index (Phi) is 5.57. The zero-order valence-electron chi connectivity index (χ0n) is 18.3. The third-order valence-corrected chi connectivity index (χ3v) is 5.87. The number of amides is 1. The van der Waals surface area contributed by atoms with Crippen LogP contribution in [0.4, 0.5) is 11.4 Å². The van der Waals surface area contributed by atoms with Gasteiger partial charge < -0.3 is 19.3 Å². The lowest BCUT2D eigenvalue weighted by atomic mass is 10.1. The molecule has 1 aliphatic rings. The maximum absolute atomic E-state index is 13.1. The number of aromatic nitrogens is 2. The standard InChI is InChI=1S/C24H19N5O6/c30-23(15-4-6-21-18(12-15)26-22(35-21)17-2-1-7-25-14-17)28-10-8-27(9-11-28)19-5-3-16(24(31)32)13-20(19)29(33)34/h1-7,12-14H,8-11H2,(H,31,32). The minimum absolute atomic E-state index is 0.149. The molecule has 1 saturated heterocycles. The number of oxazole rings is 1. The fraction of sp³-hybridized carbons (Fsp3) is 0.167. The van der Waals surface area contributed by atoms with E-state index in [1.165, 1.54) is 12.1 Å². The smallest absolute Gasteiger partial charge is 0.335 e. The predicted octanol–water partition coefficient (Wildman–Crippen LogP) is 3.46. The van der Waals surface area contributed by atoms with Crippen LogP contribution >= 0.6 is 0 Å². The number of anilines is 1. The lowest BCUT2D eigenvalue weighted by Gasteiger charge is -2.35. The first-order chi connectivity index (χ1) is 16.9. The zero-order valence-corrected chi connectivity index (χ0v) is 18.3. The molecule has 0 spiro atoms. The lowest BCUT2D eigenvalue weighted by Crippen LogP contribution is -2.49. The maximum atomic E-state index is 13.1. The van der Waals surface area contributed by atoms with Crippen molar-refractivity contribution >= 4 is 34.4 Å². The maximum Gasteiger partial charge on any atom is 0.335 e. The highest BCUT2D eigenvalue weighted by Gasteiger charge is 2.27. The van der Waals surface area contributed by atoms with E-state index in [2.05, 4.69) is 9.97 Å². The Bertz CT molecular complexity index is 1440. The van der Waals surface area contributed by atoms with Crippen molar-refractivity contribution in [3.05, 3.63) is 82.2 Å². The average Bonchev–Trinajstić information content (AvgIpc) is 3.32. The van der Waals surface area contributed by atoms with Crippen LogP contribution < -0.4 is 4.90 Å². The van der Waals surface area contributed by atoms with Gasteiger partial charge in [0.2, 0.25) is 5.89 Å².